The van der Waals surface area contributed by atoms with Gasteiger partial charge in [-0.3, -0.25) is 0 Å². The lowest BCUT2D eigenvalue weighted by molar-refractivity contribution is 1.26. The van der Waals surface area contributed by atoms with Gasteiger partial charge in [0.05, 0.1) is 26.9 Å². The Kier molecular flexibility index (Phi) is 4.01. The van der Waals surface area contributed by atoms with E-state index in [1.165, 1.54) is 9.58 Å². The van der Waals surface area contributed by atoms with Gasteiger partial charge in [-0.15, -0.1) is 22.7 Å². The predicted octanol–water partition coefficient (Wildman–Crippen LogP) is 4.39. The van der Waals surface area contributed by atoms with Crippen molar-refractivity contribution in [1.82, 2.24) is 9.97 Å². The molecule has 0 bridgehead atoms. The van der Waals surface area contributed by atoms with Crippen LogP contribution in [-0.2, 0) is 0 Å². The van der Waals surface area contributed by atoms with E-state index in [-0.39, 0.29) is 0 Å². The lowest BCUT2D eigenvalue weighted by Crippen LogP contribution is -1.69. The van der Waals surface area contributed by atoms with Crippen LogP contribution in [0, 0.1) is 6.92 Å². The Balaban J connectivity index is 0.000000128. The van der Waals surface area contributed by atoms with Crippen molar-refractivity contribution in [2.45, 2.75) is 6.92 Å². The fraction of sp³-hybridized carbons (Fsp3) is 0.0769. The molecule has 0 radical (unpaired) electrons. The first kappa shape index (κ1) is 12.0. The van der Waals surface area contributed by atoms with Crippen LogP contribution in [0.5, 0.6) is 0 Å². The Labute approximate surface area is 108 Å². The number of rotatable bonds is 1. The van der Waals surface area contributed by atoms with Gasteiger partial charge in [0, 0.05) is 4.88 Å². The van der Waals surface area contributed by atoms with Gasteiger partial charge in [-0.1, -0.05) is 24.8 Å². The van der Waals surface area contributed by atoms with Crippen molar-refractivity contribution in [1.29, 1.82) is 0 Å². The minimum atomic E-state index is 1.07. The normalized spacial score (nSPS) is 9.71. The van der Waals surface area contributed by atoms with Gasteiger partial charge in [-0.05, 0) is 19.1 Å². The monoisotopic (exact) mass is 260 g/mol. The number of hydrogen-bond acceptors (Lipinski definition) is 4. The van der Waals surface area contributed by atoms with E-state index < -0.39 is 0 Å². The van der Waals surface area contributed by atoms with Crippen molar-refractivity contribution in [2.75, 3.05) is 0 Å². The van der Waals surface area contributed by atoms with Crippen LogP contribution in [0.2, 0.25) is 0 Å². The highest BCUT2D eigenvalue weighted by Gasteiger charge is 1.92. The lowest BCUT2D eigenvalue weighted by atomic mass is 10.3. The molecule has 0 atom stereocenters. The van der Waals surface area contributed by atoms with Gasteiger partial charge in [0.2, 0.25) is 0 Å². The first-order valence-corrected chi connectivity index (χ1v) is 6.88. The summed E-state index contributed by atoms with van der Waals surface area (Å²) in [4.78, 5) is 9.34. The number of fused-ring (bicyclic) bond motifs is 1. The highest BCUT2D eigenvalue weighted by molar-refractivity contribution is 7.16. The number of para-hydroxylation sites is 1. The molecule has 1 aromatic carbocycles. The number of hydrogen-bond donors (Lipinski definition) is 0. The molecule has 86 valence electrons. The van der Waals surface area contributed by atoms with E-state index in [2.05, 4.69) is 22.6 Å². The number of aryl methyl sites for hydroxylation is 1. The second-order valence-electron chi connectivity index (χ2n) is 3.33. The number of thiazole rings is 2. The average molecular weight is 260 g/mol. The summed E-state index contributed by atoms with van der Waals surface area (Å²) >= 11 is 3.30. The molecule has 3 rings (SSSR count). The quantitative estimate of drug-likeness (QED) is 0.648. The van der Waals surface area contributed by atoms with E-state index in [1.54, 1.807) is 22.7 Å². The topological polar surface area (TPSA) is 25.8 Å². The first-order valence-electron chi connectivity index (χ1n) is 5.12. The maximum absolute atomic E-state index is 4.14. The molecule has 0 aliphatic rings. The number of nitrogens with zero attached hydrogens (tertiary/aromatic N) is 2. The molecule has 2 heterocycles. The van der Waals surface area contributed by atoms with Gasteiger partial charge in [-0.2, -0.15) is 0 Å². The van der Waals surface area contributed by atoms with Crippen molar-refractivity contribution in [3.05, 3.63) is 52.4 Å². The molecule has 0 aliphatic carbocycles. The Morgan fingerprint density at radius 3 is 2.47 bits per heavy atom. The maximum atomic E-state index is 4.14. The second-order valence-corrected chi connectivity index (χ2v) is 5.10. The van der Waals surface area contributed by atoms with E-state index in [9.17, 15) is 0 Å². The predicted molar refractivity (Wildman–Crippen MR) is 76.6 cm³/mol. The molecule has 4 heteroatoms. The minimum absolute atomic E-state index is 1.07. The molecule has 0 spiro atoms. The maximum Gasteiger partial charge on any atom is 0.0812 e. The minimum Gasteiger partial charge on any atom is -0.249 e. The Bertz CT molecular complexity index is 580. The molecule has 3 aromatic rings. The average Bonchev–Trinajstić information content (AvgIpc) is 2.97. The van der Waals surface area contributed by atoms with Crippen LogP contribution in [0.25, 0.3) is 16.3 Å². The summed E-state index contributed by atoms with van der Waals surface area (Å²) < 4.78 is 1.26. The van der Waals surface area contributed by atoms with Crippen LogP contribution < -0.4 is 0 Å². The largest absolute Gasteiger partial charge is 0.249 e. The highest BCUT2D eigenvalue weighted by Crippen LogP contribution is 2.15. The summed E-state index contributed by atoms with van der Waals surface area (Å²) in [6.45, 7) is 5.61. The summed E-state index contributed by atoms with van der Waals surface area (Å²) in [7, 11) is 0. The van der Waals surface area contributed by atoms with E-state index >= 15 is 0 Å². The molecule has 2 nitrogen and oxygen atoms in total. The zero-order valence-corrected chi connectivity index (χ0v) is 11.1. The van der Waals surface area contributed by atoms with Crippen molar-refractivity contribution in [2.24, 2.45) is 0 Å². The molecule has 2 aromatic heterocycles. The molecule has 0 saturated carbocycles. The van der Waals surface area contributed by atoms with E-state index in [0.717, 1.165) is 11.2 Å². The fourth-order valence-corrected chi connectivity index (χ4v) is 2.63. The van der Waals surface area contributed by atoms with Crippen LogP contribution in [0.1, 0.15) is 10.6 Å². The zero-order chi connectivity index (χ0) is 12.1. The zero-order valence-electron chi connectivity index (χ0n) is 9.46. The SMILES string of the molecule is C=Cc1scnc1C.c1ccc2scnc2c1. The molecule has 0 unspecified atom stereocenters. The third kappa shape index (κ3) is 2.99. The molecule has 0 amide bonds. The van der Waals surface area contributed by atoms with Crippen LogP contribution in [0.3, 0.4) is 0 Å². The smallest absolute Gasteiger partial charge is 0.0812 e. The van der Waals surface area contributed by atoms with Crippen LogP contribution in [0.15, 0.2) is 41.9 Å². The molecule has 0 aliphatic heterocycles. The second kappa shape index (κ2) is 5.70. The highest BCUT2D eigenvalue weighted by atomic mass is 32.1. The summed E-state index contributed by atoms with van der Waals surface area (Å²) in [5.74, 6) is 0. The van der Waals surface area contributed by atoms with Gasteiger partial charge in [-0.25, -0.2) is 9.97 Å². The Morgan fingerprint density at radius 2 is 1.88 bits per heavy atom. The van der Waals surface area contributed by atoms with E-state index in [4.69, 9.17) is 0 Å². The lowest BCUT2D eigenvalue weighted by Gasteiger charge is -1.80. The summed E-state index contributed by atoms with van der Waals surface area (Å²) in [6, 6.07) is 8.13. The summed E-state index contributed by atoms with van der Waals surface area (Å²) in [6.07, 6.45) is 1.83. The molecular formula is C13H12N2S2. The third-order valence-electron chi connectivity index (χ3n) is 2.20. The molecule has 17 heavy (non-hydrogen) atoms. The third-order valence-corrected chi connectivity index (χ3v) is 3.94. The van der Waals surface area contributed by atoms with Gasteiger partial charge < -0.3 is 0 Å². The Hall–Kier alpha value is -1.52. The van der Waals surface area contributed by atoms with Crippen LogP contribution in [-0.4, -0.2) is 9.97 Å². The van der Waals surface area contributed by atoms with Crippen molar-refractivity contribution < 1.29 is 0 Å². The van der Waals surface area contributed by atoms with Crippen molar-refractivity contribution in [3.8, 4) is 0 Å². The van der Waals surface area contributed by atoms with Gasteiger partial charge >= 0.3 is 0 Å². The van der Waals surface area contributed by atoms with Crippen molar-refractivity contribution >= 4 is 39.0 Å². The van der Waals surface area contributed by atoms with Crippen molar-refractivity contribution in [3.63, 3.8) is 0 Å². The van der Waals surface area contributed by atoms with Gasteiger partial charge in [0.1, 0.15) is 0 Å². The van der Waals surface area contributed by atoms with Crippen LogP contribution in [0.4, 0.5) is 0 Å². The van der Waals surface area contributed by atoms with E-state index in [0.29, 0.717) is 0 Å². The fourth-order valence-electron chi connectivity index (χ4n) is 1.31. The molecular weight excluding hydrogens is 248 g/mol. The molecule has 0 fully saturated rings. The van der Waals surface area contributed by atoms with E-state index in [1.807, 2.05) is 42.2 Å². The first-order chi connectivity index (χ1) is 8.31. The molecule has 0 N–H and O–H groups in total. The number of aromatic nitrogens is 2. The summed E-state index contributed by atoms with van der Waals surface area (Å²) in [5, 5.41) is 0. The van der Waals surface area contributed by atoms with Gasteiger partial charge in [0.15, 0.2) is 0 Å². The number of benzene rings is 1. The van der Waals surface area contributed by atoms with Crippen LogP contribution >= 0.6 is 22.7 Å². The summed E-state index contributed by atoms with van der Waals surface area (Å²) in [5.41, 5.74) is 5.87. The Morgan fingerprint density at radius 1 is 1.12 bits per heavy atom. The standard InChI is InChI=1S/C7H5NS.C6H7NS/c1-2-4-7-6(3-1)8-5-9-7;1-3-6-5(2)7-4-8-6/h1-5H;3-4H,1H2,2H3. The molecule has 0 saturated heterocycles. The van der Waals surface area contributed by atoms with Gasteiger partial charge in [0.25, 0.3) is 0 Å².